The lowest BCUT2D eigenvalue weighted by molar-refractivity contribution is 0.607. The monoisotopic (exact) mass is 309 g/mol. The van der Waals surface area contributed by atoms with Gasteiger partial charge in [0, 0.05) is 25.6 Å². The molecule has 1 aliphatic rings. The number of rotatable bonds is 7. The topological polar surface area (TPSA) is 36.4 Å². The smallest absolute Gasteiger partial charge is 0.191 e. The van der Waals surface area contributed by atoms with E-state index in [1.807, 2.05) is 17.8 Å². The average molecular weight is 309 g/mol. The van der Waals surface area contributed by atoms with E-state index in [9.17, 15) is 4.39 Å². The summed E-state index contributed by atoms with van der Waals surface area (Å²) in [4.78, 5) is 4.24. The van der Waals surface area contributed by atoms with E-state index >= 15 is 0 Å². The molecule has 3 nitrogen and oxygen atoms in total. The standard InChI is InChI=1S/C16H24FN3S/c1-18-15(19-9-4-10-21-2)20-12-16(7-8-16)13-5-3-6-14(17)11-13/h3,5-6,11H,4,7-10,12H2,1-2H3,(H2,18,19,20). The van der Waals surface area contributed by atoms with Crippen molar-refractivity contribution in [2.75, 3.05) is 32.1 Å². The minimum absolute atomic E-state index is 0.0823. The van der Waals surface area contributed by atoms with Crippen LogP contribution in [0, 0.1) is 5.82 Å². The molecule has 1 aliphatic carbocycles. The second kappa shape index (κ2) is 7.69. The molecule has 2 rings (SSSR count). The van der Waals surface area contributed by atoms with Crippen molar-refractivity contribution in [1.29, 1.82) is 0 Å². The van der Waals surface area contributed by atoms with Crippen LogP contribution >= 0.6 is 11.8 Å². The summed E-state index contributed by atoms with van der Waals surface area (Å²) in [6, 6.07) is 6.97. The second-order valence-electron chi connectivity index (χ2n) is 5.49. The molecule has 0 saturated heterocycles. The van der Waals surface area contributed by atoms with Crippen molar-refractivity contribution in [3.63, 3.8) is 0 Å². The van der Waals surface area contributed by atoms with Crippen LogP contribution in [0.3, 0.4) is 0 Å². The molecule has 1 fully saturated rings. The molecule has 0 aromatic heterocycles. The molecule has 2 N–H and O–H groups in total. The van der Waals surface area contributed by atoms with Gasteiger partial charge < -0.3 is 10.6 Å². The van der Waals surface area contributed by atoms with E-state index in [0.29, 0.717) is 0 Å². The van der Waals surface area contributed by atoms with Gasteiger partial charge >= 0.3 is 0 Å². The fourth-order valence-corrected chi connectivity index (χ4v) is 2.87. The lowest BCUT2D eigenvalue weighted by Crippen LogP contribution is -2.41. The van der Waals surface area contributed by atoms with E-state index in [2.05, 4.69) is 21.9 Å². The van der Waals surface area contributed by atoms with Crippen LogP contribution < -0.4 is 10.6 Å². The van der Waals surface area contributed by atoms with E-state index in [-0.39, 0.29) is 11.2 Å². The zero-order chi connectivity index (χ0) is 15.1. The molecule has 0 radical (unpaired) electrons. The minimum atomic E-state index is -0.154. The predicted molar refractivity (Wildman–Crippen MR) is 89.7 cm³/mol. The Labute approximate surface area is 130 Å². The van der Waals surface area contributed by atoms with Crippen LogP contribution in [-0.4, -0.2) is 38.1 Å². The van der Waals surface area contributed by atoms with E-state index in [4.69, 9.17) is 0 Å². The van der Waals surface area contributed by atoms with Crippen molar-refractivity contribution in [2.45, 2.75) is 24.7 Å². The highest BCUT2D eigenvalue weighted by Gasteiger charge is 2.44. The third-order valence-corrected chi connectivity index (χ3v) is 4.62. The third kappa shape index (κ3) is 4.63. The molecular formula is C16H24FN3S. The number of benzene rings is 1. The van der Waals surface area contributed by atoms with E-state index < -0.39 is 0 Å². The number of nitrogens with one attached hydrogen (secondary N) is 2. The van der Waals surface area contributed by atoms with Gasteiger partial charge in [0.1, 0.15) is 5.82 Å². The second-order valence-corrected chi connectivity index (χ2v) is 6.48. The van der Waals surface area contributed by atoms with Crippen molar-refractivity contribution >= 4 is 17.7 Å². The molecule has 0 spiro atoms. The third-order valence-electron chi connectivity index (χ3n) is 3.93. The Balaban J connectivity index is 1.84. The first kappa shape index (κ1) is 16.1. The van der Waals surface area contributed by atoms with Crippen molar-refractivity contribution in [3.8, 4) is 0 Å². The van der Waals surface area contributed by atoms with Crippen LogP contribution in [0.15, 0.2) is 29.3 Å². The first-order chi connectivity index (χ1) is 10.2. The van der Waals surface area contributed by atoms with E-state index in [1.54, 1.807) is 19.2 Å². The first-order valence-corrected chi connectivity index (χ1v) is 8.79. The predicted octanol–water partition coefficient (Wildman–Crippen LogP) is 2.78. The van der Waals surface area contributed by atoms with E-state index in [0.717, 1.165) is 49.6 Å². The van der Waals surface area contributed by atoms with Gasteiger partial charge in [-0.2, -0.15) is 11.8 Å². The summed E-state index contributed by atoms with van der Waals surface area (Å²) >= 11 is 1.85. The molecule has 1 saturated carbocycles. The van der Waals surface area contributed by atoms with Crippen LogP contribution in [-0.2, 0) is 5.41 Å². The maximum Gasteiger partial charge on any atom is 0.191 e. The molecule has 0 aliphatic heterocycles. The molecule has 1 aromatic rings. The van der Waals surface area contributed by atoms with Gasteiger partial charge in [0.05, 0.1) is 0 Å². The zero-order valence-corrected chi connectivity index (χ0v) is 13.6. The zero-order valence-electron chi connectivity index (χ0n) is 12.8. The first-order valence-electron chi connectivity index (χ1n) is 7.40. The Morgan fingerprint density at radius 3 is 2.81 bits per heavy atom. The fraction of sp³-hybridized carbons (Fsp3) is 0.562. The molecule has 0 bridgehead atoms. The highest BCUT2D eigenvalue weighted by Crippen LogP contribution is 2.47. The summed E-state index contributed by atoms with van der Waals surface area (Å²) < 4.78 is 13.4. The lowest BCUT2D eigenvalue weighted by atomic mass is 9.96. The summed E-state index contributed by atoms with van der Waals surface area (Å²) in [6.45, 7) is 1.73. The van der Waals surface area contributed by atoms with Crippen molar-refractivity contribution in [1.82, 2.24) is 10.6 Å². The Kier molecular flexibility index (Phi) is 5.91. The van der Waals surface area contributed by atoms with Crippen molar-refractivity contribution in [2.24, 2.45) is 4.99 Å². The molecule has 0 unspecified atom stereocenters. The molecule has 0 heterocycles. The van der Waals surface area contributed by atoms with Crippen molar-refractivity contribution in [3.05, 3.63) is 35.6 Å². The van der Waals surface area contributed by atoms with Crippen molar-refractivity contribution < 1.29 is 4.39 Å². The van der Waals surface area contributed by atoms with Gasteiger partial charge in [0.2, 0.25) is 0 Å². The fourth-order valence-electron chi connectivity index (χ4n) is 2.43. The van der Waals surface area contributed by atoms with Crippen LogP contribution in [0.5, 0.6) is 0 Å². The van der Waals surface area contributed by atoms with Crippen LogP contribution in [0.4, 0.5) is 4.39 Å². The minimum Gasteiger partial charge on any atom is -0.356 e. The Hall–Kier alpha value is -1.23. The number of halogens is 1. The van der Waals surface area contributed by atoms with Crippen LogP contribution in [0.1, 0.15) is 24.8 Å². The van der Waals surface area contributed by atoms with Crippen LogP contribution in [0.25, 0.3) is 0 Å². The summed E-state index contributed by atoms with van der Waals surface area (Å²) in [7, 11) is 1.78. The molecule has 0 atom stereocenters. The maximum atomic E-state index is 13.4. The molecule has 116 valence electrons. The largest absolute Gasteiger partial charge is 0.356 e. The summed E-state index contributed by atoms with van der Waals surface area (Å²) in [5.41, 5.74) is 1.17. The molecule has 0 amide bonds. The average Bonchev–Trinajstić information content (AvgIpc) is 3.28. The van der Waals surface area contributed by atoms with Gasteiger partial charge in [-0.1, -0.05) is 12.1 Å². The Morgan fingerprint density at radius 2 is 2.19 bits per heavy atom. The van der Waals surface area contributed by atoms with Gasteiger partial charge in [0.25, 0.3) is 0 Å². The molecule has 21 heavy (non-hydrogen) atoms. The highest BCUT2D eigenvalue weighted by atomic mass is 32.2. The molecule has 1 aromatic carbocycles. The van der Waals surface area contributed by atoms with Gasteiger partial charge in [-0.05, 0) is 49.0 Å². The van der Waals surface area contributed by atoms with Crippen LogP contribution in [0.2, 0.25) is 0 Å². The quantitative estimate of drug-likeness (QED) is 0.462. The number of guanidine groups is 1. The summed E-state index contributed by atoms with van der Waals surface area (Å²) in [6.07, 6.45) is 5.44. The molecular weight excluding hydrogens is 285 g/mol. The Bertz CT molecular complexity index is 486. The summed E-state index contributed by atoms with van der Waals surface area (Å²) in [5.74, 6) is 1.83. The van der Waals surface area contributed by atoms with Gasteiger partial charge in [-0.3, -0.25) is 4.99 Å². The van der Waals surface area contributed by atoms with Gasteiger partial charge in [-0.25, -0.2) is 4.39 Å². The Morgan fingerprint density at radius 1 is 1.38 bits per heavy atom. The maximum absolute atomic E-state index is 13.4. The number of thioether (sulfide) groups is 1. The molecule has 5 heteroatoms. The lowest BCUT2D eigenvalue weighted by Gasteiger charge is -2.19. The number of aliphatic imine (C=N–C) groups is 1. The highest BCUT2D eigenvalue weighted by molar-refractivity contribution is 7.98. The SMILES string of the molecule is CN=C(NCCCSC)NCC1(c2cccc(F)c2)CC1. The normalized spacial score (nSPS) is 16.6. The number of hydrogen-bond donors (Lipinski definition) is 2. The number of hydrogen-bond acceptors (Lipinski definition) is 2. The summed E-state index contributed by atoms with van der Waals surface area (Å²) in [5, 5.41) is 6.70. The van der Waals surface area contributed by atoms with Gasteiger partial charge in [-0.15, -0.1) is 0 Å². The van der Waals surface area contributed by atoms with Gasteiger partial charge in [0.15, 0.2) is 5.96 Å². The number of nitrogens with zero attached hydrogens (tertiary/aromatic N) is 1. The van der Waals surface area contributed by atoms with E-state index in [1.165, 1.54) is 6.07 Å².